The Hall–Kier alpha value is -2.82. The smallest absolute Gasteiger partial charge is 0.419 e. The zero-order chi connectivity index (χ0) is 13.8. The number of hydrogen-bond donors (Lipinski definition) is 0. The van der Waals surface area contributed by atoms with Crippen LogP contribution in [0.25, 0.3) is 0 Å². The first-order valence-electron chi connectivity index (χ1n) is 6.13. The van der Waals surface area contributed by atoms with Crippen LogP contribution in [0.3, 0.4) is 0 Å². The molecule has 0 atom stereocenters. The Morgan fingerprint density at radius 1 is 1.20 bits per heavy atom. The van der Waals surface area contributed by atoms with E-state index >= 15 is 0 Å². The van der Waals surface area contributed by atoms with Gasteiger partial charge in [-0.15, -0.1) is 0 Å². The summed E-state index contributed by atoms with van der Waals surface area (Å²) >= 11 is 0. The number of ether oxygens (including phenoxy) is 2. The summed E-state index contributed by atoms with van der Waals surface area (Å²) in [5, 5.41) is 0. The highest BCUT2D eigenvalue weighted by molar-refractivity contribution is 5.91. The van der Waals surface area contributed by atoms with Crippen LogP contribution in [0.1, 0.15) is 5.56 Å². The summed E-state index contributed by atoms with van der Waals surface area (Å²) in [7, 11) is 0. The van der Waals surface area contributed by atoms with Gasteiger partial charge in [-0.3, -0.25) is 0 Å². The Kier molecular flexibility index (Phi) is 3.33. The lowest BCUT2D eigenvalue weighted by Crippen LogP contribution is -2.28. The molecule has 0 bridgehead atoms. The van der Waals surface area contributed by atoms with Gasteiger partial charge >= 0.3 is 6.09 Å². The molecule has 0 aliphatic carbocycles. The van der Waals surface area contributed by atoms with Crippen LogP contribution < -0.4 is 9.64 Å². The molecule has 0 unspecified atom stereocenters. The van der Waals surface area contributed by atoms with Gasteiger partial charge in [0.05, 0.1) is 6.20 Å². The van der Waals surface area contributed by atoms with Crippen LogP contribution in [0.4, 0.5) is 10.5 Å². The minimum absolute atomic E-state index is 0.223. The molecule has 100 valence electrons. The summed E-state index contributed by atoms with van der Waals surface area (Å²) in [6.45, 7) is 0.223. The van der Waals surface area contributed by atoms with Gasteiger partial charge in [-0.2, -0.15) is 0 Å². The zero-order valence-corrected chi connectivity index (χ0v) is 10.6. The number of fused-ring (bicyclic) bond motifs is 1. The molecule has 3 rings (SSSR count). The van der Waals surface area contributed by atoms with Crippen LogP contribution in [-0.4, -0.2) is 11.1 Å². The second-order valence-electron chi connectivity index (χ2n) is 4.14. The Balaban J connectivity index is 1.71. The number of aromatic nitrogens is 1. The van der Waals surface area contributed by atoms with Gasteiger partial charge in [0.1, 0.15) is 18.6 Å². The summed E-state index contributed by atoms with van der Waals surface area (Å²) < 4.78 is 10.5. The van der Waals surface area contributed by atoms with Crippen LogP contribution in [0.15, 0.2) is 61.1 Å². The summed E-state index contributed by atoms with van der Waals surface area (Å²) in [5.74, 6) is 0.381. The van der Waals surface area contributed by atoms with Crippen molar-refractivity contribution in [2.75, 3.05) is 4.90 Å². The van der Waals surface area contributed by atoms with Gasteiger partial charge in [0.2, 0.25) is 5.88 Å². The highest BCUT2D eigenvalue weighted by Crippen LogP contribution is 2.29. The van der Waals surface area contributed by atoms with E-state index in [1.54, 1.807) is 18.3 Å². The van der Waals surface area contributed by atoms with E-state index in [1.165, 1.54) is 17.4 Å². The molecule has 0 saturated heterocycles. The molecule has 0 saturated carbocycles. The van der Waals surface area contributed by atoms with E-state index in [0.29, 0.717) is 11.6 Å². The molecule has 1 aliphatic heterocycles. The number of rotatable bonds is 2. The largest absolute Gasteiger partial charge is 0.444 e. The van der Waals surface area contributed by atoms with Gasteiger partial charge in [0.15, 0.2) is 0 Å². The molecule has 2 aromatic rings. The van der Waals surface area contributed by atoms with E-state index in [1.807, 2.05) is 30.3 Å². The third-order valence-corrected chi connectivity index (χ3v) is 2.80. The number of hydrogen-bond acceptors (Lipinski definition) is 4. The average molecular weight is 268 g/mol. The number of nitrogens with zero attached hydrogens (tertiary/aromatic N) is 2. The topological polar surface area (TPSA) is 51.7 Å². The third kappa shape index (κ3) is 2.47. The molecule has 0 N–H and O–H groups in total. The van der Waals surface area contributed by atoms with Crippen molar-refractivity contribution in [1.82, 2.24) is 4.98 Å². The normalized spacial score (nSPS) is 12.5. The van der Waals surface area contributed by atoms with Crippen molar-refractivity contribution in [3.05, 3.63) is 66.7 Å². The summed E-state index contributed by atoms with van der Waals surface area (Å²) in [4.78, 5) is 17.5. The highest BCUT2D eigenvalue weighted by atomic mass is 16.6. The van der Waals surface area contributed by atoms with Crippen molar-refractivity contribution in [3.63, 3.8) is 0 Å². The maximum absolute atomic E-state index is 12.1. The van der Waals surface area contributed by atoms with Gasteiger partial charge in [-0.05, 0) is 17.7 Å². The second kappa shape index (κ2) is 5.44. The third-order valence-electron chi connectivity index (χ3n) is 2.80. The van der Waals surface area contributed by atoms with Crippen molar-refractivity contribution in [2.24, 2.45) is 0 Å². The van der Waals surface area contributed by atoms with Gasteiger partial charge in [0, 0.05) is 6.20 Å². The minimum atomic E-state index is -0.470. The summed E-state index contributed by atoms with van der Waals surface area (Å²) in [5.41, 5.74) is 1.50. The SMILES string of the molecule is O=C(OCc1ccccc1)N1C=COc2ncccc21. The van der Waals surface area contributed by atoms with Crippen LogP contribution in [0.2, 0.25) is 0 Å². The van der Waals surface area contributed by atoms with Crippen molar-refractivity contribution in [3.8, 4) is 5.88 Å². The fraction of sp³-hybridized carbons (Fsp3) is 0.0667. The fourth-order valence-electron chi connectivity index (χ4n) is 1.84. The first-order valence-corrected chi connectivity index (χ1v) is 6.13. The molecule has 2 heterocycles. The monoisotopic (exact) mass is 268 g/mol. The van der Waals surface area contributed by atoms with E-state index in [0.717, 1.165) is 5.56 Å². The number of amides is 1. The van der Waals surface area contributed by atoms with Gasteiger partial charge in [-0.25, -0.2) is 14.7 Å². The molecular formula is C15H12N2O3. The Morgan fingerprint density at radius 2 is 2.05 bits per heavy atom. The van der Waals surface area contributed by atoms with Crippen molar-refractivity contribution < 1.29 is 14.3 Å². The standard InChI is InChI=1S/C15H12N2O3/c18-15(20-11-12-5-2-1-3-6-12)17-9-10-19-14-13(17)7-4-8-16-14/h1-10H,11H2. The van der Waals surface area contributed by atoms with Gasteiger partial charge < -0.3 is 9.47 Å². The van der Waals surface area contributed by atoms with Crippen molar-refractivity contribution >= 4 is 11.8 Å². The highest BCUT2D eigenvalue weighted by Gasteiger charge is 2.22. The number of carbonyl (C=O) groups excluding carboxylic acids is 1. The molecule has 0 radical (unpaired) electrons. The average Bonchev–Trinajstić information content (AvgIpc) is 2.53. The van der Waals surface area contributed by atoms with Crippen LogP contribution in [0, 0.1) is 0 Å². The molecule has 1 amide bonds. The van der Waals surface area contributed by atoms with Crippen molar-refractivity contribution in [2.45, 2.75) is 6.61 Å². The predicted octanol–water partition coefficient (Wildman–Crippen LogP) is 3.09. The minimum Gasteiger partial charge on any atom is -0.444 e. The molecule has 20 heavy (non-hydrogen) atoms. The summed E-state index contributed by atoms with van der Waals surface area (Å²) in [6, 6.07) is 13.0. The van der Waals surface area contributed by atoms with Gasteiger partial charge in [0.25, 0.3) is 0 Å². The fourth-order valence-corrected chi connectivity index (χ4v) is 1.84. The lowest BCUT2D eigenvalue weighted by molar-refractivity contribution is 0.149. The number of pyridine rings is 1. The van der Waals surface area contributed by atoms with E-state index in [2.05, 4.69) is 4.98 Å². The first-order chi connectivity index (χ1) is 9.84. The molecule has 5 heteroatoms. The quantitative estimate of drug-likeness (QED) is 0.839. The lowest BCUT2D eigenvalue weighted by Gasteiger charge is -2.22. The molecular weight excluding hydrogens is 256 g/mol. The van der Waals surface area contributed by atoms with Gasteiger partial charge in [-0.1, -0.05) is 30.3 Å². The first kappa shape index (κ1) is 12.2. The van der Waals surface area contributed by atoms with Crippen molar-refractivity contribution in [1.29, 1.82) is 0 Å². The Bertz CT molecular complexity index is 641. The zero-order valence-electron chi connectivity index (χ0n) is 10.6. The van der Waals surface area contributed by atoms with Crippen LogP contribution in [0.5, 0.6) is 5.88 Å². The number of anilines is 1. The van der Waals surface area contributed by atoms with E-state index in [4.69, 9.17) is 9.47 Å². The lowest BCUT2D eigenvalue weighted by atomic mass is 10.2. The number of benzene rings is 1. The maximum atomic E-state index is 12.1. The van der Waals surface area contributed by atoms with Crippen LogP contribution in [-0.2, 0) is 11.3 Å². The maximum Gasteiger partial charge on any atom is 0.419 e. The molecule has 0 spiro atoms. The van der Waals surface area contributed by atoms with E-state index in [-0.39, 0.29) is 6.61 Å². The molecule has 1 aliphatic rings. The molecule has 0 fully saturated rings. The predicted molar refractivity (Wildman–Crippen MR) is 73.1 cm³/mol. The Morgan fingerprint density at radius 3 is 2.90 bits per heavy atom. The van der Waals surface area contributed by atoms with E-state index in [9.17, 15) is 4.79 Å². The molecule has 1 aromatic heterocycles. The van der Waals surface area contributed by atoms with Crippen LogP contribution >= 0.6 is 0 Å². The number of carbonyl (C=O) groups is 1. The summed E-state index contributed by atoms with van der Waals surface area (Å²) in [6.07, 6.45) is 4.05. The molecule has 5 nitrogen and oxygen atoms in total. The molecule has 1 aromatic carbocycles. The second-order valence-corrected chi connectivity index (χ2v) is 4.14. The van der Waals surface area contributed by atoms with E-state index < -0.39 is 6.09 Å². The Labute approximate surface area is 116 Å².